The Kier molecular flexibility index (Phi) is 22.3. The number of likely N-dealkylation sites (tertiary alicyclic amines) is 1. The highest BCUT2D eigenvalue weighted by Gasteiger charge is 2.41. The highest BCUT2D eigenvalue weighted by molar-refractivity contribution is 7.90. The maximum atomic E-state index is 12.8. The van der Waals surface area contributed by atoms with Crippen molar-refractivity contribution >= 4 is 46.7 Å². The smallest absolute Gasteiger partial charge is 0.306 e. The predicted octanol–water partition coefficient (Wildman–Crippen LogP) is 9.97. The summed E-state index contributed by atoms with van der Waals surface area (Å²) in [6, 6.07) is 29.2. The van der Waals surface area contributed by atoms with E-state index in [9.17, 15) is 54.6 Å². The lowest BCUT2D eigenvalue weighted by atomic mass is 10.2. The summed E-state index contributed by atoms with van der Waals surface area (Å²) in [6.07, 6.45) is 7.40. The number of H-pyrrole nitrogens is 1. The molecule has 450 valence electrons. The van der Waals surface area contributed by atoms with Gasteiger partial charge in [-0.3, -0.25) is 24.1 Å². The van der Waals surface area contributed by atoms with Crippen molar-refractivity contribution in [2.24, 2.45) is 0 Å². The van der Waals surface area contributed by atoms with E-state index in [1.807, 2.05) is 33.9 Å². The third-order valence-corrected chi connectivity index (χ3v) is 28.0. The Labute approximate surface area is 489 Å². The first kappa shape index (κ1) is 68.4. The van der Waals surface area contributed by atoms with Gasteiger partial charge in [0.1, 0.15) is 0 Å². The van der Waals surface area contributed by atoms with Crippen LogP contribution in [0.5, 0.6) is 23.0 Å². The lowest BCUT2D eigenvalue weighted by molar-refractivity contribution is 0.323. The molecule has 3 N–H and O–H groups in total. The number of aryl methyl sites for hydroxylation is 3. The summed E-state index contributed by atoms with van der Waals surface area (Å²) in [6.45, 7) is 28.7. The van der Waals surface area contributed by atoms with Crippen molar-refractivity contribution in [3.8, 4) is 23.0 Å². The number of benzene rings is 3. The number of hydrogen-bond acceptors (Lipinski definition) is 15. The van der Waals surface area contributed by atoms with E-state index in [1.54, 1.807) is 54.7 Å². The minimum atomic E-state index is -4.02. The largest absolute Gasteiger partial charge is 0.540 e. The molecule has 4 aromatic heterocycles. The second kappa shape index (κ2) is 27.1. The molecule has 5 heterocycles. The zero-order valence-electron chi connectivity index (χ0n) is 48.6. The van der Waals surface area contributed by atoms with E-state index in [-0.39, 0.29) is 43.5 Å². The van der Waals surface area contributed by atoms with Crippen molar-refractivity contribution in [3.63, 3.8) is 0 Å². The topological polar surface area (TPSA) is 263 Å². The van der Waals surface area contributed by atoms with Crippen LogP contribution in [0.3, 0.4) is 0 Å². The summed E-state index contributed by atoms with van der Waals surface area (Å²) in [5.74, 6) is -0.595. The van der Waals surface area contributed by atoms with Crippen LogP contribution in [0.25, 0.3) is 0 Å². The van der Waals surface area contributed by atoms with Gasteiger partial charge in [0.15, 0.2) is 23.0 Å². The van der Waals surface area contributed by atoms with Gasteiger partial charge in [-0.05, 0) is 162 Å². The Hall–Kier alpha value is -7.10. The van der Waals surface area contributed by atoms with Gasteiger partial charge in [-0.15, -0.1) is 0 Å². The second-order valence-electron chi connectivity index (χ2n) is 22.8. The SMILES string of the molecule is C.CC(C)(C)[Si](C)(C)Oc1ccc[nH]c1=O.Cc1ccc(S(=O)(=O)n2ccc(CN3CCCC3)c(O)c2=O)cc1.Cc1ccc(S(=O)(=O)n2cccc(O)c2=O)cc1.Cc1ccc(S(=O)(=O)n2cccc(O[Si](C)(C)C(C)(C)C)c2=O)cc1. The molecule has 0 bridgehead atoms. The first-order chi connectivity index (χ1) is 37.9. The molecule has 0 amide bonds. The molecule has 1 aliphatic rings. The van der Waals surface area contributed by atoms with Gasteiger partial charge < -0.3 is 24.0 Å². The Morgan fingerprint density at radius 2 is 0.880 bits per heavy atom. The van der Waals surface area contributed by atoms with Gasteiger partial charge in [0, 0.05) is 36.9 Å². The van der Waals surface area contributed by atoms with Gasteiger partial charge in [-0.25, -0.2) is 37.2 Å². The van der Waals surface area contributed by atoms with Gasteiger partial charge >= 0.3 is 16.7 Å². The summed E-state index contributed by atoms with van der Waals surface area (Å²) in [5.41, 5.74) is 0.557. The minimum Gasteiger partial charge on any atom is -0.540 e. The first-order valence-electron chi connectivity index (χ1n) is 26.2. The number of aromatic nitrogens is 4. The molecule has 1 fully saturated rings. The van der Waals surface area contributed by atoms with Crippen LogP contribution in [-0.4, -0.2) is 87.0 Å². The molecule has 0 atom stereocenters. The molecular weight excluding hydrogens is 1160 g/mol. The molecule has 0 saturated carbocycles. The predicted molar refractivity (Wildman–Crippen MR) is 331 cm³/mol. The molecule has 0 radical (unpaired) electrons. The molecule has 83 heavy (non-hydrogen) atoms. The first-order valence-corrected chi connectivity index (χ1v) is 36.4. The quantitative estimate of drug-likeness (QED) is 0.0961. The molecule has 8 rings (SSSR count). The third kappa shape index (κ3) is 16.8. The fourth-order valence-electron chi connectivity index (χ4n) is 7.24. The molecule has 0 aliphatic carbocycles. The highest BCUT2D eigenvalue weighted by atomic mass is 32.2. The molecule has 7 aromatic rings. The van der Waals surface area contributed by atoms with Crippen LogP contribution < -0.4 is 31.1 Å². The van der Waals surface area contributed by atoms with E-state index in [1.165, 1.54) is 73.1 Å². The van der Waals surface area contributed by atoms with E-state index in [2.05, 4.69) is 64.5 Å². The van der Waals surface area contributed by atoms with Crippen molar-refractivity contribution in [2.45, 2.75) is 140 Å². The molecule has 19 nitrogen and oxygen atoms in total. The third-order valence-electron chi connectivity index (χ3n) is 14.3. The monoisotopic (exact) mass is 1230 g/mol. The zero-order valence-corrected chi connectivity index (χ0v) is 53.1. The Balaban J connectivity index is 0.000000241. The summed E-state index contributed by atoms with van der Waals surface area (Å²) in [5, 5.41) is 19.4. The minimum absolute atomic E-state index is 0. The van der Waals surface area contributed by atoms with Crippen LogP contribution in [0.15, 0.2) is 174 Å². The van der Waals surface area contributed by atoms with E-state index in [4.69, 9.17) is 8.85 Å². The molecular formula is C59H79N5O14S3Si2. The lowest BCUT2D eigenvalue weighted by Crippen LogP contribution is -2.45. The average Bonchev–Trinajstić information content (AvgIpc) is 4.03. The number of nitrogens with zero attached hydrogens (tertiary/aromatic N) is 4. The second-order valence-corrected chi connectivity index (χ2v) is 37.7. The van der Waals surface area contributed by atoms with Gasteiger partial charge in [0.05, 0.1) is 14.7 Å². The summed E-state index contributed by atoms with van der Waals surface area (Å²) >= 11 is 0. The normalized spacial score (nSPS) is 13.2. The maximum Gasteiger partial charge on any atom is 0.306 e. The molecule has 0 unspecified atom stereocenters. The molecule has 3 aromatic carbocycles. The van der Waals surface area contributed by atoms with Crippen molar-refractivity contribution in [1.29, 1.82) is 0 Å². The van der Waals surface area contributed by atoms with E-state index < -0.39 is 74.9 Å². The van der Waals surface area contributed by atoms with Gasteiger partial charge in [0.25, 0.3) is 52.3 Å². The number of rotatable bonds is 12. The maximum absolute atomic E-state index is 12.8. The number of pyridine rings is 4. The van der Waals surface area contributed by atoms with Crippen LogP contribution in [-0.2, 0) is 36.6 Å². The standard InChI is InChI=1S/C18H25NO4SSi.C17H20N2O4S.C12H11NO4S.C11H19NO2Si.CH4/c1-14-9-11-15(12-10-14)24(21,22)19-13-7-8-16(17(19)20)23-25(5,6)18(2,3)4;1-13-4-6-15(7-5-13)24(22,23)19-11-8-14(16(20)17(19)21)12-18-9-2-3-10-18;1-9-4-6-10(7-5-9)18(16,17)13-8-2-3-11(14)12(13)15;1-11(2,3)15(4,5)14-9-7-6-8-12-10(9)13;/h7-13H,1-6H3;4-8,11,20H,2-3,9-10,12H2,1H3;2-8,14H,1H3;6-8H,1-5H3,(H,12,13);1H4. The van der Waals surface area contributed by atoms with Crippen LogP contribution in [0.1, 0.15) is 84.1 Å². The number of aromatic amines is 1. The van der Waals surface area contributed by atoms with Crippen molar-refractivity contribution < 1.29 is 44.3 Å². The van der Waals surface area contributed by atoms with Gasteiger partial charge in [-0.2, -0.15) is 0 Å². The van der Waals surface area contributed by atoms with Gasteiger partial charge in [-0.1, -0.05) is 102 Å². The molecule has 24 heteroatoms. The Bertz CT molecular complexity index is 3950. The lowest BCUT2D eigenvalue weighted by Gasteiger charge is -2.36. The zero-order chi connectivity index (χ0) is 61.4. The van der Waals surface area contributed by atoms with Crippen molar-refractivity contribution in [3.05, 3.63) is 204 Å². The average molecular weight is 1230 g/mol. The number of hydrogen-bond donors (Lipinski definition) is 3. The van der Waals surface area contributed by atoms with E-state index >= 15 is 0 Å². The summed E-state index contributed by atoms with van der Waals surface area (Å²) in [7, 11) is -16.1. The van der Waals surface area contributed by atoms with Crippen LogP contribution >= 0.6 is 0 Å². The summed E-state index contributed by atoms with van der Waals surface area (Å²) in [4.78, 5) is 53.0. The van der Waals surface area contributed by atoms with Crippen LogP contribution in [0, 0.1) is 20.8 Å². The summed E-state index contributed by atoms with van der Waals surface area (Å²) < 4.78 is 89.0. The van der Waals surface area contributed by atoms with Crippen LogP contribution in [0.2, 0.25) is 36.3 Å². The van der Waals surface area contributed by atoms with Crippen molar-refractivity contribution in [2.75, 3.05) is 13.1 Å². The van der Waals surface area contributed by atoms with Crippen molar-refractivity contribution in [1.82, 2.24) is 21.8 Å². The molecule has 1 saturated heterocycles. The van der Waals surface area contributed by atoms with E-state index in [0.717, 1.165) is 58.9 Å². The molecule has 0 spiro atoms. The molecule has 1 aliphatic heterocycles. The Morgan fingerprint density at radius 1 is 0.506 bits per heavy atom. The van der Waals surface area contributed by atoms with E-state index in [0.29, 0.717) is 25.8 Å². The van der Waals surface area contributed by atoms with Crippen LogP contribution in [0.4, 0.5) is 0 Å². The number of aromatic hydroxyl groups is 2. The fourth-order valence-corrected chi connectivity index (χ4v) is 13.0. The number of nitrogens with one attached hydrogen (secondary N) is 1. The van der Waals surface area contributed by atoms with Gasteiger partial charge in [0.2, 0.25) is 0 Å². The fraction of sp³-hybridized carbons (Fsp3) is 0.356. The highest BCUT2D eigenvalue weighted by Crippen LogP contribution is 2.38. The Morgan fingerprint density at radius 3 is 1.29 bits per heavy atom.